The SMILES string of the molecule is OC1CCC(Nc2nc(Nc3ccccc3)c3ncn(C4CCCC4)c3n2)CC1. The average Bonchev–Trinajstić information content (AvgIpc) is 3.40. The quantitative estimate of drug-likeness (QED) is 0.596. The Balaban J connectivity index is 1.50. The third-order valence-corrected chi connectivity index (χ3v) is 6.21. The van der Waals surface area contributed by atoms with Crippen molar-refractivity contribution in [3.63, 3.8) is 0 Å². The van der Waals surface area contributed by atoms with Crippen molar-refractivity contribution in [3.05, 3.63) is 36.7 Å². The number of aliphatic hydroxyl groups is 1. The molecular formula is C22H28N6O. The van der Waals surface area contributed by atoms with Gasteiger partial charge in [-0.2, -0.15) is 9.97 Å². The number of aromatic nitrogens is 4. The van der Waals surface area contributed by atoms with E-state index in [-0.39, 0.29) is 6.10 Å². The summed E-state index contributed by atoms with van der Waals surface area (Å²) in [6, 6.07) is 10.8. The largest absolute Gasteiger partial charge is 0.393 e. The second-order valence-electron chi connectivity index (χ2n) is 8.30. The van der Waals surface area contributed by atoms with Gasteiger partial charge in [0.1, 0.15) is 0 Å². The molecule has 3 aromatic rings. The minimum atomic E-state index is -0.171. The van der Waals surface area contributed by atoms with Crippen molar-refractivity contribution in [1.82, 2.24) is 19.5 Å². The van der Waals surface area contributed by atoms with Gasteiger partial charge in [-0.05, 0) is 50.7 Å². The smallest absolute Gasteiger partial charge is 0.227 e. The van der Waals surface area contributed by atoms with Gasteiger partial charge in [-0.1, -0.05) is 31.0 Å². The standard InChI is InChI=1S/C22H28N6O/c29-18-12-10-16(11-13-18)25-22-26-20(24-15-6-2-1-3-7-15)19-21(27-22)28(14-23-19)17-8-4-5-9-17/h1-3,6-7,14,16-18,29H,4-5,8-13H2,(H2,24,25,26,27). The van der Waals surface area contributed by atoms with E-state index in [0.717, 1.165) is 48.4 Å². The van der Waals surface area contributed by atoms with Gasteiger partial charge in [0.15, 0.2) is 17.0 Å². The number of rotatable bonds is 5. The summed E-state index contributed by atoms with van der Waals surface area (Å²) in [6.45, 7) is 0. The highest BCUT2D eigenvalue weighted by Crippen LogP contribution is 2.34. The van der Waals surface area contributed by atoms with E-state index in [9.17, 15) is 5.11 Å². The lowest BCUT2D eigenvalue weighted by molar-refractivity contribution is 0.126. The van der Waals surface area contributed by atoms with E-state index in [1.807, 2.05) is 36.7 Å². The molecule has 152 valence electrons. The Morgan fingerprint density at radius 2 is 1.69 bits per heavy atom. The van der Waals surface area contributed by atoms with E-state index in [4.69, 9.17) is 9.97 Å². The highest BCUT2D eigenvalue weighted by molar-refractivity contribution is 5.86. The highest BCUT2D eigenvalue weighted by Gasteiger charge is 2.24. The third-order valence-electron chi connectivity index (χ3n) is 6.21. The molecule has 0 atom stereocenters. The monoisotopic (exact) mass is 392 g/mol. The fourth-order valence-corrected chi connectivity index (χ4v) is 4.58. The molecule has 5 rings (SSSR count). The van der Waals surface area contributed by atoms with Gasteiger partial charge in [0.05, 0.1) is 12.4 Å². The highest BCUT2D eigenvalue weighted by atomic mass is 16.3. The van der Waals surface area contributed by atoms with Gasteiger partial charge in [-0.3, -0.25) is 0 Å². The number of nitrogens with zero attached hydrogens (tertiary/aromatic N) is 4. The molecule has 0 unspecified atom stereocenters. The molecule has 3 N–H and O–H groups in total. The molecule has 0 spiro atoms. The normalized spacial score (nSPS) is 22.8. The molecule has 0 saturated heterocycles. The van der Waals surface area contributed by atoms with Crippen LogP contribution in [0.5, 0.6) is 0 Å². The third kappa shape index (κ3) is 3.92. The Morgan fingerprint density at radius 1 is 0.931 bits per heavy atom. The maximum Gasteiger partial charge on any atom is 0.227 e. The van der Waals surface area contributed by atoms with E-state index in [0.29, 0.717) is 18.0 Å². The second kappa shape index (κ2) is 7.99. The van der Waals surface area contributed by atoms with Crippen LogP contribution in [0.4, 0.5) is 17.5 Å². The molecule has 2 aliphatic carbocycles. The van der Waals surface area contributed by atoms with E-state index < -0.39 is 0 Å². The van der Waals surface area contributed by atoms with Gasteiger partial charge >= 0.3 is 0 Å². The van der Waals surface area contributed by atoms with Crippen molar-refractivity contribution < 1.29 is 5.11 Å². The first-order valence-corrected chi connectivity index (χ1v) is 10.8. The van der Waals surface area contributed by atoms with Crippen molar-refractivity contribution in [2.24, 2.45) is 0 Å². The van der Waals surface area contributed by atoms with Crippen molar-refractivity contribution in [2.45, 2.75) is 69.6 Å². The molecule has 0 aliphatic heterocycles. The summed E-state index contributed by atoms with van der Waals surface area (Å²) in [6.07, 6.45) is 10.2. The molecule has 7 nitrogen and oxygen atoms in total. The zero-order chi connectivity index (χ0) is 19.6. The predicted molar refractivity (Wildman–Crippen MR) is 114 cm³/mol. The summed E-state index contributed by atoms with van der Waals surface area (Å²) in [5, 5.41) is 16.7. The van der Waals surface area contributed by atoms with Gasteiger partial charge in [-0.15, -0.1) is 0 Å². The number of fused-ring (bicyclic) bond motifs is 1. The van der Waals surface area contributed by atoms with Crippen LogP contribution in [0.25, 0.3) is 11.2 Å². The van der Waals surface area contributed by atoms with Crippen LogP contribution in [0, 0.1) is 0 Å². The Morgan fingerprint density at radius 3 is 2.45 bits per heavy atom. The molecule has 2 fully saturated rings. The zero-order valence-electron chi connectivity index (χ0n) is 16.6. The number of aliphatic hydroxyl groups excluding tert-OH is 1. The number of nitrogens with one attached hydrogen (secondary N) is 2. The van der Waals surface area contributed by atoms with Crippen molar-refractivity contribution in [3.8, 4) is 0 Å². The lowest BCUT2D eigenvalue weighted by Gasteiger charge is -2.26. The molecule has 2 aromatic heterocycles. The van der Waals surface area contributed by atoms with Crippen LogP contribution in [0.1, 0.15) is 57.4 Å². The molecule has 2 aliphatic rings. The summed E-state index contributed by atoms with van der Waals surface area (Å²) >= 11 is 0. The van der Waals surface area contributed by atoms with Gasteiger partial charge < -0.3 is 20.3 Å². The molecule has 0 bridgehead atoms. The molecular weight excluding hydrogens is 364 g/mol. The minimum Gasteiger partial charge on any atom is -0.393 e. The Labute approximate surface area is 170 Å². The second-order valence-corrected chi connectivity index (χ2v) is 8.30. The molecule has 7 heteroatoms. The predicted octanol–water partition coefficient (Wildman–Crippen LogP) is 4.40. The minimum absolute atomic E-state index is 0.171. The van der Waals surface area contributed by atoms with Crippen LogP contribution in [-0.2, 0) is 0 Å². The molecule has 2 heterocycles. The van der Waals surface area contributed by atoms with Crippen LogP contribution in [-0.4, -0.2) is 36.8 Å². The fourth-order valence-electron chi connectivity index (χ4n) is 4.58. The lowest BCUT2D eigenvalue weighted by Crippen LogP contribution is -2.29. The fraction of sp³-hybridized carbons (Fsp3) is 0.500. The van der Waals surface area contributed by atoms with Crippen LogP contribution < -0.4 is 10.6 Å². The van der Waals surface area contributed by atoms with Crippen molar-refractivity contribution in [1.29, 1.82) is 0 Å². The molecule has 1 aromatic carbocycles. The Kier molecular flexibility index (Phi) is 5.06. The van der Waals surface area contributed by atoms with E-state index >= 15 is 0 Å². The van der Waals surface area contributed by atoms with E-state index in [1.165, 1.54) is 25.7 Å². The zero-order valence-corrected chi connectivity index (χ0v) is 16.6. The van der Waals surface area contributed by atoms with Crippen molar-refractivity contribution in [2.75, 3.05) is 10.6 Å². The number of para-hydroxylation sites is 1. The molecule has 29 heavy (non-hydrogen) atoms. The van der Waals surface area contributed by atoms with Crippen molar-refractivity contribution >= 4 is 28.6 Å². The first-order valence-electron chi connectivity index (χ1n) is 10.8. The summed E-state index contributed by atoms with van der Waals surface area (Å²) in [5.74, 6) is 1.37. The van der Waals surface area contributed by atoms with Gasteiger partial charge in [0, 0.05) is 17.8 Å². The van der Waals surface area contributed by atoms with Crippen LogP contribution in [0.2, 0.25) is 0 Å². The maximum atomic E-state index is 9.79. The van der Waals surface area contributed by atoms with Crippen LogP contribution in [0.3, 0.4) is 0 Å². The number of anilines is 3. The number of hydrogen-bond acceptors (Lipinski definition) is 6. The number of hydrogen-bond donors (Lipinski definition) is 3. The van der Waals surface area contributed by atoms with Gasteiger partial charge in [0.25, 0.3) is 0 Å². The summed E-state index contributed by atoms with van der Waals surface area (Å²) in [7, 11) is 0. The van der Waals surface area contributed by atoms with Crippen LogP contribution in [0.15, 0.2) is 36.7 Å². The maximum absolute atomic E-state index is 9.79. The summed E-state index contributed by atoms with van der Waals surface area (Å²) in [5.41, 5.74) is 2.68. The first-order chi connectivity index (χ1) is 14.3. The average molecular weight is 393 g/mol. The number of benzene rings is 1. The van der Waals surface area contributed by atoms with E-state index in [2.05, 4.69) is 20.2 Å². The lowest BCUT2D eigenvalue weighted by atomic mass is 9.93. The summed E-state index contributed by atoms with van der Waals surface area (Å²) < 4.78 is 2.23. The molecule has 0 radical (unpaired) electrons. The number of imidazole rings is 1. The van der Waals surface area contributed by atoms with Gasteiger partial charge in [0.2, 0.25) is 5.95 Å². The van der Waals surface area contributed by atoms with E-state index in [1.54, 1.807) is 0 Å². The van der Waals surface area contributed by atoms with Gasteiger partial charge in [-0.25, -0.2) is 4.98 Å². The summed E-state index contributed by atoms with van der Waals surface area (Å²) in [4.78, 5) is 14.3. The van der Waals surface area contributed by atoms with Crippen LogP contribution >= 0.6 is 0 Å². The Bertz CT molecular complexity index is 958. The Hall–Kier alpha value is -2.67. The molecule has 0 amide bonds. The first kappa shape index (κ1) is 18.4. The molecule has 2 saturated carbocycles. The topological polar surface area (TPSA) is 87.9 Å².